The Balaban J connectivity index is 2.74. The van der Waals surface area contributed by atoms with Gasteiger partial charge in [-0.3, -0.25) is 4.79 Å². The Kier molecular flexibility index (Phi) is 2.72. The van der Waals surface area contributed by atoms with Crippen LogP contribution in [-0.4, -0.2) is 22.1 Å². The zero-order valence-electron chi connectivity index (χ0n) is 7.79. The van der Waals surface area contributed by atoms with Crippen LogP contribution in [0.15, 0.2) is 6.07 Å². The molecule has 0 saturated heterocycles. The number of rotatable bonds is 3. The number of aromatic amines is 1. The maximum Gasteiger partial charge on any atom is 0.320 e. The zero-order valence-corrected chi connectivity index (χ0v) is 7.79. The van der Waals surface area contributed by atoms with E-state index in [1.807, 2.05) is 19.9 Å². The molecule has 0 spiro atoms. The van der Waals surface area contributed by atoms with E-state index >= 15 is 0 Å². The molecule has 72 valence electrons. The Morgan fingerprint density at radius 3 is 2.69 bits per heavy atom. The Bertz CT molecular complexity index is 317. The molecule has 4 N–H and O–H groups in total. The third-order valence-electron chi connectivity index (χ3n) is 2.01. The van der Waals surface area contributed by atoms with Crippen molar-refractivity contribution in [2.24, 2.45) is 5.73 Å². The van der Waals surface area contributed by atoms with Crippen molar-refractivity contribution < 1.29 is 9.90 Å². The van der Waals surface area contributed by atoms with E-state index in [9.17, 15) is 4.79 Å². The van der Waals surface area contributed by atoms with E-state index in [0.29, 0.717) is 6.42 Å². The van der Waals surface area contributed by atoms with Gasteiger partial charge in [-0.25, -0.2) is 0 Å². The van der Waals surface area contributed by atoms with E-state index in [4.69, 9.17) is 10.8 Å². The van der Waals surface area contributed by atoms with Gasteiger partial charge in [0.05, 0.1) is 0 Å². The molecule has 0 fully saturated rings. The van der Waals surface area contributed by atoms with Gasteiger partial charge in [-0.15, -0.1) is 0 Å². The molecule has 1 aromatic heterocycles. The van der Waals surface area contributed by atoms with Crippen molar-refractivity contribution in [1.29, 1.82) is 0 Å². The number of carbonyl (C=O) groups is 1. The molecule has 0 radical (unpaired) electrons. The minimum atomic E-state index is -0.960. The maximum atomic E-state index is 10.5. The second kappa shape index (κ2) is 3.62. The number of aromatic nitrogens is 1. The average molecular weight is 182 g/mol. The smallest absolute Gasteiger partial charge is 0.320 e. The molecule has 4 heteroatoms. The molecular weight excluding hydrogens is 168 g/mol. The van der Waals surface area contributed by atoms with Gasteiger partial charge < -0.3 is 15.8 Å². The van der Waals surface area contributed by atoms with Crippen molar-refractivity contribution in [3.8, 4) is 0 Å². The SMILES string of the molecule is Cc1cc(C[C@H](N)C(=O)O)c(C)[nH]1. The molecule has 1 aromatic rings. The van der Waals surface area contributed by atoms with Gasteiger partial charge in [0.25, 0.3) is 0 Å². The van der Waals surface area contributed by atoms with Crippen LogP contribution in [0.2, 0.25) is 0 Å². The molecule has 0 aliphatic rings. The summed E-state index contributed by atoms with van der Waals surface area (Å²) in [5.41, 5.74) is 8.42. The fourth-order valence-electron chi connectivity index (χ4n) is 1.32. The molecule has 0 bridgehead atoms. The predicted molar refractivity (Wildman–Crippen MR) is 49.6 cm³/mol. The average Bonchev–Trinajstić information content (AvgIpc) is 2.30. The van der Waals surface area contributed by atoms with Crippen LogP contribution in [0.3, 0.4) is 0 Å². The summed E-state index contributed by atoms with van der Waals surface area (Å²) in [6.45, 7) is 3.85. The number of carboxylic acids is 1. The molecule has 0 aliphatic carbocycles. The summed E-state index contributed by atoms with van der Waals surface area (Å²) in [6, 6.07) is 1.12. The quantitative estimate of drug-likeness (QED) is 0.640. The number of nitrogens with two attached hydrogens (primary N) is 1. The van der Waals surface area contributed by atoms with Crippen LogP contribution in [-0.2, 0) is 11.2 Å². The van der Waals surface area contributed by atoms with Crippen LogP contribution >= 0.6 is 0 Å². The van der Waals surface area contributed by atoms with E-state index < -0.39 is 12.0 Å². The number of hydrogen-bond donors (Lipinski definition) is 3. The molecule has 1 heterocycles. The molecule has 0 aromatic carbocycles. The maximum absolute atomic E-state index is 10.5. The lowest BCUT2D eigenvalue weighted by molar-refractivity contribution is -0.138. The third kappa shape index (κ3) is 2.32. The normalized spacial score (nSPS) is 12.8. The molecule has 4 nitrogen and oxygen atoms in total. The van der Waals surface area contributed by atoms with Crippen LogP contribution in [0.4, 0.5) is 0 Å². The van der Waals surface area contributed by atoms with Gasteiger partial charge in [-0.05, 0) is 31.9 Å². The topological polar surface area (TPSA) is 79.1 Å². The molecule has 1 rings (SSSR count). The minimum Gasteiger partial charge on any atom is -0.480 e. The van der Waals surface area contributed by atoms with E-state index in [-0.39, 0.29) is 0 Å². The Labute approximate surface area is 76.8 Å². The number of aliphatic carboxylic acids is 1. The van der Waals surface area contributed by atoms with Gasteiger partial charge in [0, 0.05) is 11.4 Å². The van der Waals surface area contributed by atoms with E-state index in [1.54, 1.807) is 0 Å². The summed E-state index contributed by atoms with van der Waals surface area (Å²) in [5.74, 6) is -0.960. The predicted octanol–water partition coefficient (Wildman–Crippen LogP) is 0.586. The number of H-pyrrole nitrogens is 1. The number of nitrogens with one attached hydrogen (secondary N) is 1. The molecule has 0 aliphatic heterocycles. The first-order valence-corrected chi connectivity index (χ1v) is 4.14. The molecule has 1 atom stereocenters. The van der Waals surface area contributed by atoms with Crippen LogP contribution in [0.25, 0.3) is 0 Å². The minimum absolute atomic E-state index is 0.380. The van der Waals surface area contributed by atoms with Crippen LogP contribution in [0, 0.1) is 13.8 Å². The molecule has 0 amide bonds. The van der Waals surface area contributed by atoms with Crippen molar-refractivity contribution in [3.63, 3.8) is 0 Å². The van der Waals surface area contributed by atoms with Crippen LogP contribution in [0.1, 0.15) is 17.0 Å². The first-order valence-electron chi connectivity index (χ1n) is 4.14. The fourth-order valence-corrected chi connectivity index (χ4v) is 1.32. The molecule has 0 saturated carbocycles. The summed E-state index contributed by atoms with van der Waals surface area (Å²) < 4.78 is 0. The van der Waals surface area contributed by atoms with E-state index in [2.05, 4.69) is 4.98 Å². The van der Waals surface area contributed by atoms with Gasteiger partial charge in [0.15, 0.2) is 0 Å². The van der Waals surface area contributed by atoms with Crippen molar-refractivity contribution >= 4 is 5.97 Å². The highest BCUT2D eigenvalue weighted by molar-refractivity contribution is 5.73. The monoisotopic (exact) mass is 182 g/mol. The van der Waals surface area contributed by atoms with Gasteiger partial charge in [-0.1, -0.05) is 0 Å². The van der Waals surface area contributed by atoms with Crippen molar-refractivity contribution in [3.05, 3.63) is 23.0 Å². The van der Waals surface area contributed by atoms with Crippen molar-refractivity contribution in [2.75, 3.05) is 0 Å². The number of aryl methyl sites for hydroxylation is 2. The largest absolute Gasteiger partial charge is 0.480 e. The highest BCUT2D eigenvalue weighted by Crippen LogP contribution is 2.10. The fraction of sp³-hybridized carbons (Fsp3) is 0.444. The summed E-state index contributed by atoms with van der Waals surface area (Å²) in [7, 11) is 0. The second-order valence-corrected chi connectivity index (χ2v) is 3.25. The first kappa shape index (κ1) is 9.80. The summed E-state index contributed by atoms with van der Waals surface area (Å²) in [4.78, 5) is 13.6. The first-order chi connectivity index (χ1) is 6.00. The summed E-state index contributed by atoms with van der Waals surface area (Å²) >= 11 is 0. The second-order valence-electron chi connectivity index (χ2n) is 3.25. The zero-order chi connectivity index (χ0) is 10.0. The van der Waals surface area contributed by atoms with E-state index in [1.165, 1.54) is 0 Å². The Morgan fingerprint density at radius 1 is 1.69 bits per heavy atom. The molecule has 0 unspecified atom stereocenters. The Hall–Kier alpha value is -1.29. The third-order valence-corrected chi connectivity index (χ3v) is 2.01. The molecular formula is C9H14N2O2. The number of carboxylic acid groups (broad SMARTS) is 1. The number of hydrogen-bond acceptors (Lipinski definition) is 2. The lowest BCUT2D eigenvalue weighted by atomic mass is 10.1. The van der Waals surface area contributed by atoms with Crippen molar-refractivity contribution in [2.45, 2.75) is 26.3 Å². The van der Waals surface area contributed by atoms with Gasteiger partial charge >= 0.3 is 5.97 Å². The molecule has 13 heavy (non-hydrogen) atoms. The highest BCUT2D eigenvalue weighted by atomic mass is 16.4. The lowest BCUT2D eigenvalue weighted by Crippen LogP contribution is -2.32. The van der Waals surface area contributed by atoms with Crippen LogP contribution < -0.4 is 5.73 Å². The highest BCUT2D eigenvalue weighted by Gasteiger charge is 2.14. The Morgan fingerprint density at radius 2 is 2.31 bits per heavy atom. The lowest BCUT2D eigenvalue weighted by Gasteiger charge is -2.04. The summed E-state index contributed by atoms with van der Waals surface area (Å²) in [5, 5.41) is 8.61. The van der Waals surface area contributed by atoms with E-state index in [0.717, 1.165) is 17.0 Å². The van der Waals surface area contributed by atoms with Gasteiger partial charge in [0.2, 0.25) is 0 Å². The van der Waals surface area contributed by atoms with Gasteiger partial charge in [0.1, 0.15) is 6.04 Å². The van der Waals surface area contributed by atoms with Crippen molar-refractivity contribution in [1.82, 2.24) is 4.98 Å². The van der Waals surface area contributed by atoms with Gasteiger partial charge in [-0.2, -0.15) is 0 Å². The summed E-state index contributed by atoms with van der Waals surface area (Å²) in [6.07, 6.45) is 0.380. The standard InChI is InChI=1S/C9H14N2O2/c1-5-3-7(6(2)11-5)4-8(10)9(12)13/h3,8,11H,4,10H2,1-2H3,(H,12,13)/t8-/m0/s1. The van der Waals surface area contributed by atoms with Crippen LogP contribution in [0.5, 0.6) is 0 Å².